The van der Waals surface area contributed by atoms with Crippen LogP contribution in [-0.4, -0.2) is 42.0 Å². The highest BCUT2D eigenvalue weighted by Gasteiger charge is 2.22. The van der Waals surface area contributed by atoms with E-state index in [1.165, 1.54) is 11.3 Å². The van der Waals surface area contributed by atoms with Gasteiger partial charge in [-0.1, -0.05) is 35.9 Å². The van der Waals surface area contributed by atoms with Gasteiger partial charge in [-0.3, -0.25) is 4.79 Å². The minimum Gasteiger partial charge on any atom is -0.486 e. The first-order valence-corrected chi connectivity index (χ1v) is 10.8. The maximum atomic E-state index is 12.7. The van der Waals surface area contributed by atoms with Crippen molar-refractivity contribution in [2.45, 2.75) is 13.0 Å². The van der Waals surface area contributed by atoms with Crippen LogP contribution in [0.4, 0.5) is 5.69 Å². The van der Waals surface area contributed by atoms with E-state index in [9.17, 15) is 4.79 Å². The Bertz CT molecular complexity index is 955. The van der Waals surface area contributed by atoms with Crippen LogP contribution in [0, 0.1) is 0 Å². The third-order valence-electron chi connectivity index (χ3n) is 4.84. The Morgan fingerprint density at radius 2 is 1.86 bits per heavy atom. The van der Waals surface area contributed by atoms with Crippen LogP contribution in [-0.2, 0) is 17.8 Å². The molecule has 7 heteroatoms. The van der Waals surface area contributed by atoms with Crippen molar-refractivity contribution in [2.75, 3.05) is 31.1 Å². The smallest absolute Gasteiger partial charge is 0.228 e. The highest BCUT2D eigenvalue weighted by Crippen LogP contribution is 2.21. The van der Waals surface area contributed by atoms with Crippen LogP contribution >= 0.6 is 22.9 Å². The Morgan fingerprint density at radius 1 is 1.07 bits per heavy atom. The molecule has 0 bridgehead atoms. The number of thiazole rings is 1. The molecule has 1 aliphatic rings. The Labute approximate surface area is 179 Å². The SMILES string of the molecule is O=C(Cc1csc(COc2ccccc2)n1)N1CCN(c2cccc(Cl)c2)CC1. The quantitative estimate of drug-likeness (QED) is 0.589. The highest BCUT2D eigenvalue weighted by molar-refractivity contribution is 7.09. The number of piperazine rings is 1. The first-order chi connectivity index (χ1) is 14.2. The number of halogens is 1. The van der Waals surface area contributed by atoms with Crippen LogP contribution in [0.15, 0.2) is 60.0 Å². The second kappa shape index (κ2) is 9.29. The normalized spacial score (nSPS) is 14.1. The van der Waals surface area contributed by atoms with Gasteiger partial charge in [0.15, 0.2) is 0 Å². The molecule has 2 heterocycles. The Kier molecular flexibility index (Phi) is 6.32. The van der Waals surface area contributed by atoms with E-state index in [1.807, 2.05) is 58.8 Å². The van der Waals surface area contributed by atoms with E-state index in [0.29, 0.717) is 26.1 Å². The molecule has 2 aromatic carbocycles. The summed E-state index contributed by atoms with van der Waals surface area (Å²) < 4.78 is 5.73. The number of hydrogen-bond acceptors (Lipinski definition) is 5. The van der Waals surface area contributed by atoms with Gasteiger partial charge in [0.2, 0.25) is 5.91 Å². The van der Waals surface area contributed by atoms with Crippen molar-refractivity contribution in [1.82, 2.24) is 9.88 Å². The first kappa shape index (κ1) is 19.7. The number of aromatic nitrogens is 1. The molecular formula is C22H22ClN3O2S. The lowest BCUT2D eigenvalue weighted by Crippen LogP contribution is -2.49. The Morgan fingerprint density at radius 3 is 2.62 bits per heavy atom. The van der Waals surface area contributed by atoms with Crippen molar-refractivity contribution in [3.8, 4) is 5.75 Å². The highest BCUT2D eigenvalue weighted by atomic mass is 35.5. The van der Waals surface area contributed by atoms with E-state index in [-0.39, 0.29) is 5.91 Å². The van der Waals surface area contributed by atoms with E-state index in [1.54, 1.807) is 0 Å². The molecule has 4 rings (SSSR count). The molecule has 1 amide bonds. The monoisotopic (exact) mass is 427 g/mol. The van der Waals surface area contributed by atoms with E-state index >= 15 is 0 Å². The number of para-hydroxylation sites is 1. The van der Waals surface area contributed by atoms with Gasteiger partial charge in [-0.25, -0.2) is 4.98 Å². The second-order valence-electron chi connectivity index (χ2n) is 6.86. The standard InChI is InChI=1S/C22H22ClN3O2S/c23-17-5-4-6-19(13-17)25-9-11-26(12-10-25)22(27)14-18-16-29-21(24-18)15-28-20-7-2-1-3-8-20/h1-8,13,16H,9-12,14-15H2. The van der Waals surface area contributed by atoms with Gasteiger partial charge < -0.3 is 14.5 Å². The molecule has 1 saturated heterocycles. The number of anilines is 1. The zero-order valence-electron chi connectivity index (χ0n) is 16.0. The summed E-state index contributed by atoms with van der Waals surface area (Å²) >= 11 is 7.62. The number of amides is 1. The maximum Gasteiger partial charge on any atom is 0.228 e. The molecule has 5 nitrogen and oxygen atoms in total. The van der Waals surface area contributed by atoms with E-state index in [2.05, 4.69) is 16.0 Å². The number of nitrogens with zero attached hydrogens (tertiary/aromatic N) is 3. The number of benzene rings is 2. The molecule has 1 fully saturated rings. The molecule has 0 N–H and O–H groups in total. The maximum absolute atomic E-state index is 12.7. The van der Waals surface area contributed by atoms with Gasteiger partial charge in [-0.2, -0.15) is 0 Å². The number of carbonyl (C=O) groups is 1. The third-order valence-corrected chi connectivity index (χ3v) is 5.95. The lowest BCUT2D eigenvalue weighted by Gasteiger charge is -2.36. The van der Waals surface area contributed by atoms with Gasteiger partial charge in [-0.15, -0.1) is 11.3 Å². The summed E-state index contributed by atoms with van der Waals surface area (Å²) in [5.74, 6) is 0.939. The number of hydrogen-bond donors (Lipinski definition) is 0. The second-order valence-corrected chi connectivity index (χ2v) is 8.24. The van der Waals surface area contributed by atoms with Crippen LogP contribution in [0.1, 0.15) is 10.7 Å². The summed E-state index contributed by atoms with van der Waals surface area (Å²) in [5.41, 5.74) is 1.91. The number of carbonyl (C=O) groups excluding carboxylic acids is 1. The fourth-order valence-electron chi connectivity index (χ4n) is 3.31. The zero-order valence-corrected chi connectivity index (χ0v) is 17.5. The van der Waals surface area contributed by atoms with E-state index in [0.717, 1.165) is 40.3 Å². The molecule has 0 radical (unpaired) electrons. The van der Waals surface area contributed by atoms with Crippen molar-refractivity contribution in [3.63, 3.8) is 0 Å². The molecule has 1 aromatic heterocycles. The molecule has 3 aromatic rings. The van der Waals surface area contributed by atoms with Gasteiger partial charge in [0, 0.05) is 42.3 Å². The first-order valence-electron chi connectivity index (χ1n) is 9.57. The minimum atomic E-state index is 0.122. The molecule has 0 atom stereocenters. The average molecular weight is 428 g/mol. The van der Waals surface area contributed by atoms with E-state index < -0.39 is 0 Å². The number of ether oxygens (including phenoxy) is 1. The van der Waals surface area contributed by atoms with Crippen LogP contribution in [0.5, 0.6) is 5.75 Å². The number of rotatable bonds is 6. The predicted molar refractivity (Wildman–Crippen MR) is 117 cm³/mol. The summed E-state index contributed by atoms with van der Waals surface area (Å²) in [7, 11) is 0. The lowest BCUT2D eigenvalue weighted by atomic mass is 10.2. The minimum absolute atomic E-state index is 0.122. The van der Waals surface area contributed by atoms with Gasteiger partial charge in [0.1, 0.15) is 17.4 Å². The van der Waals surface area contributed by atoms with Crippen molar-refractivity contribution in [3.05, 3.63) is 75.7 Å². The van der Waals surface area contributed by atoms with Crippen LogP contribution in [0.2, 0.25) is 5.02 Å². The predicted octanol–water partition coefficient (Wildman–Crippen LogP) is 4.27. The zero-order chi connectivity index (χ0) is 20.1. The van der Waals surface area contributed by atoms with Crippen molar-refractivity contribution in [2.24, 2.45) is 0 Å². The van der Waals surface area contributed by atoms with Crippen molar-refractivity contribution in [1.29, 1.82) is 0 Å². The molecule has 0 spiro atoms. The fraction of sp³-hybridized carbons (Fsp3) is 0.273. The summed E-state index contributed by atoms with van der Waals surface area (Å²) in [6, 6.07) is 17.5. The Balaban J connectivity index is 1.26. The largest absolute Gasteiger partial charge is 0.486 e. The third kappa shape index (κ3) is 5.28. The topological polar surface area (TPSA) is 45.7 Å². The summed E-state index contributed by atoms with van der Waals surface area (Å²) in [6.45, 7) is 3.44. The van der Waals surface area contributed by atoms with Gasteiger partial charge in [-0.05, 0) is 30.3 Å². The van der Waals surface area contributed by atoms with Gasteiger partial charge in [0.05, 0.1) is 12.1 Å². The van der Waals surface area contributed by atoms with E-state index in [4.69, 9.17) is 16.3 Å². The van der Waals surface area contributed by atoms with Gasteiger partial charge >= 0.3 is 0 Å². The molecule has 0 saturated carbocycles. The molecule has 0 aliphatic carbocycles. The van der Waals surface area contributed by atoms with Crippen molar-refractivity contribution >= 4 is 34.5 Å². The summed E-state index contributed by atoms with van der Waals surface area (Å²) in [6.07, 6.45) is 0.332. The van der Waals surface area contributed by atoms with Crippen LogP contribution < -0.4 is 9.64 Å². The molecule has 150 valence electrons. The lowest BCUT2D eigenvalue weighted by molar-refractivity contribution is -0.130. The van der Waals surface area contributed by atoms with Crippen LogP contribution in [0.25, 0.3) is 0 Å². The Hall–Kier alpha value is -2.57. The van der Waals surface area contributed by atoms with Crippen molar-refractivity contribution < 1.29 is 9.53 Å². The molecule has 29 heavy (non-hydrogen) atoms. The fourth-order valence-corrected chi connectivity index (χ4v) is 4.20. The van der Waals surface area contributed by atoms with Gasteiger partial charge in [0.25, 0.3) is 0 Å². The summed E-state index contributed by atoms with van der Waals surface area (Å²) in [5, 5.41) is 3.56. The molecular weight excluding hydrogens is 406 g/mol. The molecule has 1 aliphatic heterocycles. The van der Waals surface area contributed by atoms with Crippen LogP contribution in [0.3, 0.4) is 0 Å². The summed E-state index contributed by atoms with van der Waals surface area (Å²) in [4.78, 5) is 21.4. The molecule has 0 unspecified atom stereocenters. The average Bonchev–Trinajstić information content (AvgIpc) is 3.20.